The fourth-order valence-electron chi connectivity index (χ4n) is 2.89. The van der Waals surface area contributed by atoms with E-state index in [1.54, 1.807) is 13.3 Å². The number of methoxy groups -OCH3 is 1. The lowest BCUT2D eigenvalue weighted by molar-refractivity contribution is 0.201. The summed E-state index contributed by atoms with van der Waals surface area (Å²) < 4.78 is 11.2. The third-order valence-electron chi connectivity index (χ3n) is 4.19. The quantitative estimate of drug-likeness (QED) is 0.381. The predicted molar refractivity (Wildman–Crippen MR) is 114 cm³/mol. The first-order valence-corrected chi connectivity index (χ1v) is 8.56. The molecule has 3 rings (SSSR count). The van der Waals surface area contributed by atoms with Gasteiger partial charge in [0.1, 0.15) is 11.9 Å². The molecular formula is C19H25IN4O2. The molecule has 7 heteroatoms. The van der Waals surface area contributed by atoms with Crippen molar-refractivity contribution in [2.24, 2.45) is 10.7 Å². The summed E-state index contributed by atoms with van der Waals surface area (Å²) in [4.78, 5) is 8.67. The molecule has 0 amide bonds. The van der Waals surface area contributed by atoms with Crippen molar-refractivity contribution < 1.29 is 9.47 Å². The molecule has 0 bridgehead atoms. The van der Waals surface area contributed by atoms with Crippen LogP contribution >= 0.6 is 24.0 Å². The van der Waals surface area contributed by atoms with Gasteiger partial charge in [0.15, 0.2) is 5.96 Å². The number of hydrogen-bond donors (Lipinski definition) is 2. The number of rotatable bonds is 6. The van der Waals surface area contributed by atoms with E-state index in [2.05, 4.69) is 15.3 Å². The van der Waals surface area contributed by atoms with Crippen LogP contribution in [0, 0.1) is 0 Å². The third-order valence-corrected chi connectivity index (χ3v) is 4.19. The summed E-state index contributed by atoms with van der Waals surface area (Å²) in [5.74, 6) is 1.72. The number of para-hydroxylation sites is 2. The number of guanidine groups is 1. The highest BCUT2D eigenvalue weighted by molar-refractivity contribution is 14.0. The van der Waals surface area contributed by atoms with Gasteiger partial charge in [-0.25, -0.2) is 9.98 Å². The first-order chi connectivity index (χ1) is 12.2. The van der Waals surface area contributed by atoms with E-state index in [-0.39, 0.29) is 24.0 Å². The predicted octanol–water partition coefficient (Wildman–Crippen LogP) is 3.96. The van der Waals surface area contributed by atoms with Gasteiger partial charge in [0.25, 0.3) is 0 Å². The molecule has 1 fully saturated rings. The molecular weight excluding hydrogens is 443 g/mol. The highest BCUT2D eigenvalue weighted by Gasteiger charge is 2.16. The van der Waals surface area contributed by atoms with Crippen LogP contribution in [0.3, 0.4) is 0 Å². The minimum Gasteiger partial charge on any atom is -0.495 e. The summed E-state index contributed by atoms with van der Waals surface area (Å²) in [5.41, 5.74) is 7.77. The van der Waals surface area contributed by atoms with Crippen LogP contribution in [-0.2, 0) is 6.54 Å². The molecule has 1 aromatic heterocycles. The molecule has 3 N–H and O–H groups in total. The maximum Gasteiger partial charge on any atom is 0.213 e. The molecule has 0 aliphatic heterocycles. The van der Waals surface area contributed by atoms with Gasteiger partial charge in [0.05, 0.1) is 19.3 Å². The SMILES string of the molecule is COc1ccccc1NC(N)=NCc1ccnc(OC2CCCC2)c1.I. The first-order valence-electron chi connectivity index (χ1n) is 8.56. The summed E-state index contributed by atoms with van der Waals surface area (Å²) in [6.07, 6.45) is 6.74. The normalized spacial score (nSPS) is 14.6. The van der Waals surface area contributed by atoms with E-state index in [4.69, 9.17) is 15.2 Å². The fraction of sp³-hybridized carbons (Fsp3) is 0.368. The second-order valence-electron chi connectivity index (χ2n) is 6.05. The Balaban J connectivity index is 0.00000243. The zero-order valence-electron chi connectivity index (χ0n) is 14.9. The molecule has 1 aliphatic carbocycles. The second kappa shape index (κ2) is 10.2. The van der Waals surface area contributed by atoms with Gasteiger partial charge in [-0.05, 0) is 49.4 Å². The van der Waals surface area contributed by atoms with Gasteiger partial charge in [-0.1, -0.05) is 12.1 Å². The van der Waals surface area contributed by atoms with Crippen molar-refractivity contribution in [3.05, 3.63) is 48.2 Å². The molecule has 0 atom stereocenters. The van der Waals surface area contributed by atoms with E-state index in [9.17, 15) is 0 Å². The van der Waals surface area contributed by atoms with Crippen LogP contribution in [0.2, 0.25) is 0 Å². The maximum absolute atomic E-state index is 5.98. The topological polar surface area (TPSA) is 81.8 Å². The molecule has 1 saturated carbocycles. The van der Waals surface area contributed by atoms with Gasteiger partial charge >= 0.3 is 0 Å². The molecule has 0 saturated heterocycles. The molecule has 0 spiro atoms. The Hall–Kier alpha value is -2.03. The summed E-state index contributed by atoms with van der Waals surface area (Å²) in [6, 6.07) is 11.4. The van der Waals surface area contributed by atoms with E-state index in [0.29, 0.717) is 24.5 Å². The number of aromatic nitrogens is 1. The number of halogens is 1. The lowest BCUT2D eigenvalue weighted by Gasteiger charge is -2.12. The monoisotopic (exact) mass is 468 g/mol. The van der Waals surface area contributed by atoms with Crippen molar-refractivity contribution in [3.8, 4) is 11.6 Å². The van der Waals surface area contributed by atoms with Gasteiger partial charge in [-0.3, -0.25) is 0 Å². The zero-order chi connectivity index (χ0) is 17.5. The Kier molecular flexibility index (Phi) is 7.96. The Bertz CT molecular complexity index is 733. The van der Waals surface area contributed by atoms with Gasteiger partial charge < -0.3 is 20.5 Å². The van der Waals surface area contributed by atoms with E-state index in [0.717, 1.165) is 29.8 Å². The number of pyridine rings is 1. The maximum atomic E-state index is 5.98. The second-order valence-corrected chi connectivity index (χ2v) is 6.05. The molecule has 1 aromatic carbocycles. The average Bonchev–Trinajstić information content (AvgIpc) is 3.14. The van der Waals surface area contributed by atoms with E-state index < -0.39 is 0 Å². The van der Waals surface area contributed by atoms with Crippen LogP contribution in [0.5, 0.6) is 11.6 Å². The van der Waals surface area contributed by atoms with Crippen LogP contribution in [0.15, 0.2) is 47.6 Å². The summed E-state index contributed by atoms with van der Waals surface area (Å²) in [7, 11) is 1.62. The molecule has 140 valence electrons. The smallest absolute Gasteiger partial charge is 0.213 e. The Morgan fingerprint density at radius 1 is 1.27 bits per heavy atom. The van der Waals surface area contributed by atoms with Crippen LogP contribution in [0.4, 0.5) is 5.69 Å². The number of nitrogens with zero attached hydrogens (tertiary/aromatic N) is 2. The largest absolute Gasteiger partial charge is 0.495 e. The molecule has 1 aliphatic rings. The molecule has 2 aromatic rings. The Labute approximate surface area is 171 Å². The highest BCUT2D eigenvalue weighted by Crippen LogP contribution is 2.24. The van der Waals surface area contributed by atoms with Gasteiger partial charge in [-0.2, -0.15) is 0 Å². The number of hydrogen-bond acceptors (Lipinski definition) is 4. The van der Waals surface area contributed by atoms with Gasteiger partial charge in [-0.15, -0.1) is 24.0 Å². The van der Waals surface area contributed by atoms with Crippen molar-refractivity contribution in [3.63, 3.8) is 0 Å². The molecule has 26 heavy (non-hydrogen) atoms. The molecule has 6 nitrogen and oxygen atoms in total. The fourth-order valence-corrected chi connectivity index (χ4v) is 2.89. The zero-order valence-corrected chi connectivity index (χ0v) is 17.2. The lowest BCUT2D eigenvalue weighted by Crippen LogP contribution is -2.23. The van der Waals surface area contributed by atoms with Gasteiger partial charge in [0, 0.05) is 12.3 Å². The number of nitrogens with one attached hydrogen (secondary N) is 1. The van der Waals surface area contributed by atoms with Crippen LogP contribution in [0.1, 0.15) is 31.2 Å². The number of ether oxygens (including phenoxy) is 2. The van der Waals surface area contributed by atoms with Gasteiger partial charge in [0.2, 0.25) is 5.88 Å². The Morgan fingerprint density at radius 2 is 2.04 bits per heavy atom. The number of anilines is 1. The van der Waals surface area contributed by atoms with Crippen LogP contribution in [-0.4, -0.2) is 24.2 Å². The number of aliphatic imine (C=N–C) groups is 1. The molecule has 0 radical (unpaired) electrons. The van der Waals surface area contributed by atoms with E-state index >= 15 is 0 Å². The van der Waals surface area contributed by atoms with Crippen LogP contribution < -0.4 is 20.5 Å². The van der Waals surface area contributed by atoms with Crippen LogP contribution in [0.25, 0.3) is 0 Å². The van der Waals surface area contributed by atoms with Crippen molar-refractivity contribution in [1.29, 1.82) is 0 Å². The summed E-state index contributed by atoms with van der Waals surface area (Å²) in [6.45, 7) is 0.456. The minimum absolute atomic E-state index is 0. The van der Waals surface area contributed by atoms with E-state index in [1.165, 1.54) is 12.8 Å². The number of nitrogens with two attached hydrogens (primary N) is 1. The average molecular weight is 468 g/mol. The van der Waals surface area contributed by atoms with Crippen molar-refractivity contribution >= 4 is 35.6 Å². The molecule has 1 heterocycles. The van der Waals surface area contributed by atoms with Crippen molar-refractivity contribution in [1.82, 2.24) is 4.98 Å². The Morgan fingerprint density at radius 3 is 2.81 bits per heavy atom. The third kappa shape index (κ3) is 5.76. The standard InChI is InChI=1S/C19H24N4O2.HI/c1-24-17-9-5-4-8-16(17)23-19(20)22-13-14-10-11-21-18(12-14)25-15-6-2-3-7-15;/h4-5,8-12,15H,2-3,6-7,13H2,1H3,(H3,20,22,23);1H. The van der Waals surface area contributed by atoms with Crippen molar-refractivity contribution in [2.75, 3.05) is 12.4 Å². The lowest BCUT2D eigenvalue weighted by atomic mass is 10.2. The summed E-state index contributed by atoms with van der Waals surface area (Å²) >= 11 is 0. The summed E-state index contributed by atoms with van der Waals surface area (Å²) in [5, 5.41) is 3.06. The molecule has 0 unspecified atom stereocenters. The van der Waals surface area contributed by atoms with Crippen molar-refractivity contribution in [2.45, 2.75) is 38.3 Å². The highest BCUT2D eigenvalue weighted by atomic mass is 127. The first kappa shape index (κ1) is 20.3. The van der Waals surface area contributed by atoms with E-state index in [1.807, 2.05) is 36.4 Å². The minimum atomic E-state index is 0. The number of benzene rings is 1.